The number of rotatable bonds is 3. The van der Waals surface area contributed by atoms with Gasteiger partial charge in [-0.3, -0.25) is 0 Å². The fourth-order valence-corrected chi connectivity index (χ4v) is 3.08. The van der Waals surface area contributed by atoms with Crippen molar-refractivity contribution < 1.29 is 4.79 Å². The fourth-order valence-electron chi connectivity index (χ4n) is 3.08. The molecule has 1 fully saturated rings. The van der Waals surface area contributed by atoms with E-state index in [4.69, 9.17) is 0 Å². The van der Waals surface area contributed by atoms with Crippen LogP contribution in [0.5, 0.6) is 0 Å². The Bertz CT molecular complexity index is 596. The first kappa shape index (κ1) is 13.9. The SMILES string of the molecule is Cc1ncc(-c2ccc(C3CCC(C=O)CC3)cc2)cn1. The summed E-state index contributed by atoms with van der Waals surface area (Å²) in [5.41, 5.74) is 3.59. The van der Waals surface area contributed by atoms with Crippen LogP contribution in [-0.2, 0) is 4.79 Å². The van der Waals surface area contributed by atoms with Crippen molar-refractivity contribution in [1.82, 2.24) is 9.97 Å². The van der Waals surface area contributed by atoms with Crippen molar-refractivity contribution in [2.75, 3.05) is 0 Å². The maximum atomic E-state index is 10.8. The molecule has 3 heteroatoms. The van der Waals surface area contributed by atoms with Crippen LogP contribution in [-0.4, -0.2) is 16.3 Å². The van der Waals surface area contributed by atoms with E-state index in [1.54, 1.807) is 0 Å². The van der Waals surface area contributed by atoms with E-state index in [-0.39, 0.29) is 5.92 Å². The van der Waals surface area contributed by atoms with Crippen LogP contribution >= 0.6 is 0 Å². The van der Waals surface area contributed by atoms with Gasteiger partial charge in [0.25, 0.3) is 0 Å². The zero-order valence-electron chi connectivity index (χ0n) is 12.3. The highest BCUT2D eigenvalue weighted by atomic mass is 16.1. The van der Waals surface area contributed by atoms with Crippen molar-refractivity contribution in [3.8, 4) is 11.1 Å². The molecule has 0 radical (unpaired) electrons. The van der Waals surface area contributed by atoms with Crippen molar-refractivity contribution in [3.63, 3.8) is 0 Å². The summed E-state index contributed by atoms with van der Waals surface area (Å²) in [6, 6.07) is 8.71. The van der Waals surface area contributed by atoms with Gasteiger partial charge >= 0.3 is 0 Å². The Hall–Kier alpha value is -2.03. The topological polar surface area (TPSA) is 42.9 Å². The van der Waals surface area contributed by atoms with E-state index in [1.165, 1.54) is 5.56 Å². The second kappa shape index (κ2) is 6.17. The Labute approximate surface area is 125 Å². The smallest absolute Gasteiger partial charge is 0.125 e. The Kier molecular flexibility index (Phi) is 4.09. The first-order valence-corrected chi connectivity index (χ1v) is 7.60. The summed E-state index contributed by atoms with van der Waals surface area (Å²) < 4.78 is 0. The van der Waals surface area contributed by atoms with Gasteiger partial charge in [-0.25, -0.2) is 9.97 Å². The molecule has 1 aromatic carbocycles. The molecule has 2 aromatic rings. The minimum Gasteiger partial charge on any atom is -0.303 e. The monoisotopic (exact) mass is 280 g/mol. The molecule has 0 amide bonds. The maximum Gasteiger partial charge on any atom is 0.125 e. The minimum absolute atomic E-state index is 0.283. The molecule has 0 N–H and O–H groups in total. The van der Waals surface area contributed by atoms with Crippen molar-refractivity contribution >= 4 is 6.29 Å². The van der Waals surface area contributed by atoms with Crippen molar-refractivity contribution in [2.24, 2.45) is 5.92 Å². The molecule has 1 aromatic heterocycles. The van der Waals surface area contributed by atoms with E-state index in [0.717, 1.165) is 48.9 Å². The van der Waals surface area contributed by atoms with Crippen molar-refractivity contribution in [3.05, 3.63) is 48.0 Å². The maximum absolute atomic E-state index is 10.8. The number of hydrogen-bond acceptors (Lipinski definition) is 3. The van der Waals surface area contributed by atoms with Crippen LogP contribution in [0.4, 0.5) is 0 Å². The van der Waals surface area contributed by atoms with Gasteiger partial charge < -0.3 is 4.79 Å². The normalized spacial score (nSPS) is 22.0. The van der Waals surface area contributed by atoms with Crippen LogP contribution in [0.1, 0.15) is 43.0 Å². The zero-order valence-corrected chi connectivity index (χ0v) is 12.3. The van der Waals surface area contributed by atoms with E-state index < -0.39 is 0 Å². The van der Waals surface area contributed by atoms with Gasteiger partial charge in [-0.1, -0.05) is 24.3 Å². The van der Waals surface area contributed by atoms with Crippen LogP contribution < -0.4 is 0 Å². The zero-order chi connectivity index (χ0) is 14.7. The average molecular weight is 280 g/mol. The Morgan fingerprint density at radius 2 is 1.57 bits per heavy atom. The molecule has 0 aliphatic heterocycles. The molecule has 0 spiro atoms. The van der Waals surface area contributed by atoms with Crippen LogP contribution in [0.25, 0.3) is 11.1 Å². The summed E-state index contributed by atoms with van der Waals surface area (Å²) in [5, 5.41) is 0. The third kappa shape index (κ3) is 3.18. The Morgan fingerprint density at radius 1 is 0.952 bits per heavy atom. The minimum atomic E-state index is 0.283. The highest BCUT2D eigenvalue weighted by molar-refractivity contribution is 5.61. The molecule has 0 unspecified atom stereocenters. The van der Waals surface area contributed by atoms with Crippen LogP contribution in [0.2, 0.25) is 0 Å². The summed E-state index contributed by atoms with van der Waals surface area (Å²) in [4.78, 5) is 19.3. The highest BCUT2D eigenvalue weighted by Gasteiger charge is 2.21. The lowest BCUT2D eigenvalue weighted by Gasteiger charge is -2.25. The Morgan fingerprint density at radius 3 is 2.14 bits per heavy atom. The number of aryl methyl sites for hydroxylation is 1. The quantitative estimate of drug-likeness (QED) is 0.800. The fraction of sp³-hybridized carbons (Fsp3) is 0.389. The molecule has 1 aliphatic carbocycles. The molecule has 108 valence electrons. The van der Waals surface area contributed by atoms with E-state index >= 15 is 0 Å². The number of nitrogens with zero attached hydrogens (tertiary/aromatic N) is 2. The third-order valence-corrected chi connectivity index (χ3v) is 4.46. The number of aromatic nitrogens is 2. The molecular formula is C18H20N2O. The predicted molar refractivity (Wildman–Crippen MR) is 83.0 cm³/mol. The summed E-state index contributed by atoms with van der Waals surface area (Å²) in [7, 11) is 0. The number of hydrogen-bond donors (Lipinski definition) is 0. The molecule has 3 rings (SSSR count). The van der Waals surface area contributed by atoms with Crippen molar-refractivity contribution in [2.45, 2.75) is 38.5 Å². The first-order chi connectivity index (χ1) is 10.3. The molecule has 21 heavy (non-hydrogen) atoms. The van der Waals surface area contributed by atoms with Gasteiger partial charge in [-0.15, -0.1) is 0 Å². The second-order valence-corrected chi connectivity index (χ2v) is 5.89. The summed E-state index contributed by atoms with van der Waals surface area (Å²) >= 11 is 0. The average Bonchev–Trinajstić information content (AvgIpc) is 2.56. The lowest BCUT2D eigenvalue weighted by molar-refractivity contribution is -0.111. The number of aldehydes is 1. The van der Waals surface area contributed by atoms with Gasteiger partial charge in [-0.05, 0) is 49.7 Å². The molecular weight excluding hydrogens is 260 g/mol. The van der Waals surface area contributed by atoms with E-state index in [9.17, 15) is 4.79 Å². The van der Waals surface area contributed by atoms with Gasteiger partial charge in [0.1, 0.15) is 12.1 Å². The van der Waals surface area contributed by atoms with E-state index in [1.807, 2.05) is 19.3 Å². The lowest BCUT2D eigenvalue weighted by atomic mass is 9.79. The standard InChI is InChI=1S/C18H20N2O/c1-13-19-10-18(11-20-13)17-8-6-16(7-9-17)15-4-2-14(12-21)3-5-15/h6-12,14-15H,2-5H2,1H3. The predicted octanol–water partition coefficient (Wildman–Crippen LogP) is 3.92. The summed E-state index contributed by atoms with van der Waals surface area (Å²) in [6.07, 6.45) is 9.16. The molecule has 0 bridgehead atoms. The van der Waals surface area contributed by atoms with E-state index in [2.05, 4.69) is 34.2 Å². The van der Waals surface area contributed by atoms with Crippen molar-refractivity contribution in [1.29, 1.82) is 0 Å². The van der Waals surface area contributed by atoms with Gasteiger partial charge in [0, 0.05) is 23.9 Å². The van der Waals surface area contributed by atoms with Gasteiger partial charge in [0.15, 0.2) is 0 Å². The Balaban J connectivity index is 1.72. The van der Waals surface area contributed by atoms with Gasteiger partial charge in [0.2, 0.25) is 0 Å². The van der Waals surface area contributed by atoms with Crippen LogP contribution in [0.3, 0.4) is 0 Å². The third-order valence-electron chi connectivity index (χ3n) is 4.46. The van der Waals surface area contributed by atoms with Gasteiger partial charge in [-0.2, -0.15) is 0 Å². The van der Waals surface area contributed by atoms with Crippen LogP contribution in [0, 0.1) is 12.8 Å². The highest BCUT2D eigenvalue weighted by Crippen LogP contribution is 2.35. The molecule has 0 atom stereocenters. The largest absolute Gasteiger partial charge is 0.303 e. The molecule has 1 heterocycles. The summed E-state index contributed by atoms with van der Waals surface area (Å²) in [6.45, 7) is 1.89. The molecule has 1 saturated carbocycles. The second-order valence-electron chi connectivity index (χ2n) is 5.89. The molecule has 1 aliphatic rings. The molecule has 0 saturated heterocycles. The lowest BCUT2D eigenvalue weighted by Crippen LogP contribution is -2.14. The molecule has 3 nitrogen and oxygen atoms in total. The number of benzene rings is 1. The summed E-state index contributed by atoms with van der Waals surface area (Å²) in [5.74, 6) is 1.68. The number of carbonyl (C=O) groups excluding carboxylic acids is 1. The number of carbonyl (C=O) groups is 1. The van der Waals surface area contributed by atoms with E-state index in [0.29, 0.717) is 5.92 Å². The van der Waals surface area contributed by atoms with Gasteiger partial charge in [0.05, 0.1) is 0 Å². The van der Waals surface area contributed by atoms with Crippen LogP contribution in [0.15, 0.2) is 36.7 Å². The first-order valence-electron chi connectivity index (χ1n) is 7.60.